The summed E-state index contributed by atoms with van der Waals surface area (Å²) in [4.78, 5) is 18.5. The SMILES string of the molecule is CCN(CC)C(=O)N1CCC(N(C)c2ccccc2)C1. The Kier molecular flexibility index (Phi) is 4.88. The zero-order valence-corrected chi connectivity index (χ0v) is 12.7. The molecule has 1 aromatic rings. The molecule has 4 nitrogen and oxygen atoms in total. The first-order chi connectivity index (χ1) is 9.67. The van der Waals surface area contributed by atoms with Crippen LogP contribution in [-0.4, -0.2) is 55.1 Å². The monoisotopic (exact) mass is 275 g/mol. The molecule has 1 unspecified atom stereocenters. The largest absolute Gasteiger partial charge is 0.370 e. The van der Waals surface area contributed by atoms with E-state index in [0.29, 0.717) is 6.04 Å². The average Bonchev–Trinajstić information content (AvgIpc) is 2.98. The molecular weight excluding hydrogens is 250 g/mol. The summed E-state index contributed by atoms with van der Waals surface area (Å²) in [5, 5.41) is 0. The number of likely N-dealkylation sites (tertiary alicyclic amines) is 1. The van der Waals surface area contributed by atoms with Crippen molar-refractivity contribution in [3.63, 3.8) is 0 Å². The van der Waals surface area contributed by atoms with Crippen molar-refractivity contribution in [1.82, 2.24) is 9.80 Å². The number of nitrogens with zero attached hydrogens (tertiary/aromatic N) is 3. The number of hydrogen-bond acceptors (Lipinski definition) is 2. The summed E-state index contributed by atoms with van der Waals surface area (Å²) in [6.07, 6.45) is 1.04. The van der Waals surface area contributed by atoms with Gasteiger partial charge in [0.15, 0.2) is 0 Å². The molecule has 1 heterocycles. The lowest BCUT2D eigenvalue weighted by Crippen LogP contribution is -2.43. The third-order valence-corrected chi connectivity index (χ3v) is 4.18. The maximum absolute atomic E-state index is 12.3. The molecule has 0 aliphatic carbocycles. The number of rotatable bonds is 4. The van der Waals surface area contributed by atoms with E-state index in [1.165, 1.54) is 5.69 Å². The molecule has 20 heavy (non-hydrogen) atoms. The Morgan fingerprint density at radius 1 is 1.25 bits per heavy atom. The van der Waals surface area contributed by atoms with Crippen LogP contribution in [-0.2, 0) is 0 Å². The van der Waals surface area contributed by atoms with Gasteiger partial charge in [-0.3, -0.25) is 0 Å². The van der Waals surface area contributed by atoms with Gasteiger partial charge in [-0.1, -0.05) is 18.2 Å². The fourth-order valence-corrected chi connectivity index (χ4v) is 2.80. The van der Waals surface area contributed by atoms with Gasteiger partial charge >= 0.3 is 6.03 Å². The maximum Gasteiger partial charge on any atom is 0.320 e. The maximum atomic E-state index is 12.3. The van der Waals surface area contributed by atoms with E-state index >= 15 is 0 Å². The number of hydrogen-bond donors (Lipinski definition) is 0. The number of carbonyl (C=O) groups excluding carboxylic acids is 1. The molecule has 1 fully saturated rings. The van der Waals surface area contributed by atoms with E-state index in [-0.39, 0.29) is 6.03 Å². The van der Waals surface area contributed by atoms with Crippen molar-refractivity contribution in [2.75, 3.05) is 38.1 Å². The van der Waals surface area contributed by atoms with E-state index in [0.717, 1.165) is 32.6 Å². The highest BCUT2D eigenvalue weighted by Gasteiger charge is 2.30. The van der Waals surface area contributed by atoms with E-state index in [9.17, 15) is 4.79 Å². The smallest absolute Gasteiger partial charge is 0.320 e. The van der Waals surface area contributed by atoms with Gasteiger partial charge in [0.05, 0.1) is 0 Å². The number of urea groups is 1. The zero-order chi connectivity index (χ0) is 14.5. The van der Waals surface area contributed by atoms with E-state index in [1.807, 2.05) is 29.7 Å². The molecule has 110 valence electrons. The summed E-state index contributed by atoms with van der Waals surface area (Å²) in [6, 6.07) is 11.0. The minimum absolute atomic E-state index is 0.180. The van der Waals surface area contributed by atoms with Crippen molar-refractivity contribution >= 4 is 11.7 Å². The van der Waals surface area contributed by atoms with Crippen LogP contribution in [0.1, 0.15) is 20.3 Å². The predicted molar refractivity (Wildman–Crippen MR) is 83.1 cm³/mol. The number of anilines is 1. The molecule has 2 amide bonds. The molecule has 0 aromatic heterocycles. The molecule has 1 aliphatic rings. The Labute approximate surface area is 122 Å². The lowest BCUT2D eigenvalue weighted by atomic mass is 10.2. The van der Waals surface area contributed by atoms with Gasteiger partial charge in [0.1, 0.15) is 0 Å². The Morgan fingerprint density at radius 3 is 2.50 bits per heavy atom. The number of amides is 2. The lowest BCUT2D eigenvalue weighted by Gasteiger charge is -2.29. The normalized spacial score (nSPS) is 18.1. The van der Waals surface area contributed by atoms with Gasteiger partial charge in [-0.25, -0.2) is 4.79 Å². The molecule has 0 N–H and O–H groups in total. The van der Waals surface area contributed by atoms with Crippen molar-refractivity contribution in [1.29, 1.82) is 0 Å². The van der Waals surface area contributed by atoms with Crippen LogP contribution in [0.4, 0.5) is 10.5 Å². The molecule has 1 aromatic carbocycles. The second-order valence-electron chi connectivity index (χ2n) is 5.29. The molecule has 1 aliphatic heterocycles. The van der Waals surface area contributed by atoms with Crippen LogP contribution in [0.2, 0.25) is 0 Å². The Morgan fingerprint density at radius 2 is 1.90 bits per heavy atom. The highest BCUT2D eigenvalue weighted by molar-refractivity contribution is 5.75. The molecule has 1 atom stereocenters. The topological polar surface area (TPSA) is 26.8 Å². The van der Waals surface area contributed by atoms with Gasteiger partial charge in [0.2, 0.25) is 0 Å². The van der Waals surface area contributed by atoms with E-state index in [4.69, 9.17) is 0 Å². The van der Waals surface area contributed by atoms with Crippen molar-refractivity contribution in [3.05, 3.63) is 30.3 Å². The van der Waals surface area contributed by atoms with Crippen molar-refractivity contribution in [3.8, 4) is 0 Å². The third-order valence-electron chi connectivity index (χ3n) is 4.18. The van der Waals surface area contributed by atoms with Crippen molar-refractivity contribution in [2.24, 2.45) is 0 Å². The van der Waals surface area contributed by atoms with E-state index in [1.54, 1.807) is 0 Å². The molecule has 0 radical (unpaired) electrons. The fraction of sp³-hybridized carbons (Fsp3) is 0.562. The summed E-state index contributed by atoms with van der Waals surface area (Å²) < 4.78 is 0. The van der Waals surface area contributed by atoms with Gasteiger partial charge in [-0.15, -0.1) is 0 Å². The molecule has 0 spiro atoms. The van der Waals surface area contributed by atoms with Crippen LogP contribution in [0.5, 0.6) is 0 Å². The quantitative estimate of drug-likeness (QED) is 0.844. The standard InChI is InChI=1S/C16H25N3O/c1-4-18(5-2)16(20)19-12-11-15(13-19)17(3)14-9-7-6-8-10-14/h6-10,15H,4-5,11-13H2,1-3H3. The van der Waals surface area contributed by atoms with E-state index < -0.39 is 0 Å². The second-order valence-corrected chi connectivity index (χ2v) is 5.29. The third kappa shape index (κ3) is 3.06. The lowest BCUT2D eigenvalue weighted by molar-refractivity contribution is 0.167. The van der Waals surface area contributed by atoms with Crippen LogP contribution >= 0.6 is 0 Å². The second kappa shape index (κ2) is 6.64. The molecular formula is C16H25N3O. The molecule has 0 bridgehead atoms. The summed E-state index contributed by atoms with van der Waals surface area (Å²) in [6.45, 7) is 7.31. The highest BCUT2D eigenvalue weighted by Crippen LogP contribution is 2.21. The van der Waals surface area contributed by atoms with E-state index in [2.05, 4.69) is 36.2 Å². The highest BCUT2D eigenvalue weighted by atomic mass is 16.2. The fourth-order valence-electron chi connectivity index (χ4n) is 2.80. The number of benzene rings is 1. The molecule has 2 rings (SSSR count). The van der Waals surface area contributed by atoms with Crippen LogP contribution in [0.15, 0.2) is 30.3 Å². The Balaban J connectivity index is 1.97. The van der Waals surface area contributed by atoms with Crippen molar-refractivity contribution in [2.45, 2.75) is 26.3 Å². The van der Waals surface area contributed by atoms with Gasteiger partial charge in [0, 0.05) is 45.0 Å². The van der Waals surface area contributed by atoms with Gasteiger partial charge in [-0.05, 0) is 32.4 Å². The van der Waals surface area contributed by atoms with Gasteiger partial charge in [0.25, 0.3) is 0 Å². The first-order valence-corrected chi connectivity index (χ1v) is 7.49. The predicted octanol–water partition coefficient (Wildman–Crippen LogP) is 2.66. The molecule has 4 heteroatoms. The molecule has 1 saturated heterocycles. The minimum atomic E-state index is 0.180. The first kappa shape index (κ1) is 14.7. The summed E-state index contributed by atoms with van der Waals surface area (Å²) >= 11 is 0. The van der Waals surface area contributed by atoms with Crippen LogP contribution in [0.25, 0.3) is 0 Å². The van der Waals surface area contributed by atoms with Gasteiger partial charge in [-0.2, -0.15) is 0 Å². The van der Waals surface area contributed by atoms with Crippen LogP contribution in [0, 0.1) is 0 Å². The van der Waals surface area contributed by atoms with Gasteiger partial charge < -0.3 is 14.7 Å². The number of likely N-dealkylation sites (N-methyl/N-ethyl adjacent to an activating group) is 1. The summed E-state index contributed by atoms with van der Waals surface area (Å²) in [7, 11) is 2.12. The minimum Gasteiger partial charge on any atom is -0.370 e. The van der Waals surface area contributed by atoms with Crippen LogP contribution in [0.3, 0.4) is 0 Å². The zero-order valence-electron chi connectivity index (χ0n) is 12.7. The summed E-state index contributed by atoms with van der Waals surface area (Å²) in [5.74, 6) is 0. The number of carbonyl (C=O) groups is 1. The van der Waals surface area contributed by atoms with Crippen molar-refractivity contribution < 1.29 is 4.79 Å². The number of para-hydroxylation sites is 1. The Bertz CT molecular complexity index is 431. The first-order valence-electron chi connectivity index (χ1n) is 7.49. The van der Waals surface area contributed by atoms with Crippen LogP contribution < -0.4 is 4.90 Å². The average molecular weight is 275 g/mol. The summed E-state index contributed by atoms with van der Waals surface area (Å²) in [5.41, 5.74) is 1.22. The molecule has 0 saturated carbocycles. The Hall–Kier alpha value is -1.71.